The molecule has 0 heterocycles. The van der Waals surface area contributed by atoms with E-state index in [0.29, 0.717) is 10.8 Å². The smallest absolute Gasteiger partial charge is 0.338 e. The minimum atomic E-state index is -0.550. The fourth-order valence-corrected chi connectivity index (χ4v) is 1.63. The molecule has 0 aliphatic carbocycles. The zero-order valence-corrected chi connectivity index (χ0v) is 8.60. The van der Waals surface area contributed by atoms with E-state index in [1.54, 1.807) is 18.2 Å². The van der Waals surface area contributed by atoms with Gasteiger partial charge in [0.1, 0.15) is 0 Å². The molecule has 0 amide bonds. The number of phenolic OH excluding ortho intramolecular Hbond substituents is 2. The first kappa shape index (κ1) is 10.3. The minimum Gasteiger partial charge on any atom is -0.504 e. The molecule has 16 heavy (non-hydrogen) atoms. The number of hydrogen-bond donors (Lipinski definition) is 2. The summed E-state index contributed by atoms with van der Waals surface area (Å²) >= 11 is 0. The number of phenols is 2. The topological polar surface area (TPSA) is 66.8 Å². The van der Waals surface area contributed by atoms with Gasteiger partial charge < -0.3 is 14.9 Å². The van der Waals surface area contributed by atoms with Gasteiger partial charge in [-0.3, -0.25) is 0 Å². The van der Waals surface area contributed by atoms with Crippen LogP contribution in [-0.4, -0.2) is 23.3 Å². The van der Waals surface area contributed by atoms with Gasteiger partial charge in [-0.15, -0.1) is 0 Å². The normalized spacial score (nSPS) is 10.3. The highest BCUT2D eigenvalue weighted by Gasteiger charge is 2.15. The number of carbonyl (C=O) groups is 1. The van der Waals surface area contributed by atoms with Crippen molar-refractivity contribution in [2.75, 3.05) is 7.11 Å². The largest absolute Gasteiger partial charge is 0.504 e. The maximum atomic E-state index is 11.5. The third-order valence-electron chi connectivity index (χ3n) is 2.40. The predicted molar refractivity (Wildman–Crippen MR) is 58.6 cm³/mol. The van der Waals surface area contributed by atoms with Gasteiger partial charge >= 0.3 is 5.97 Å². The maximum Gasteiger partial charge on any atom is 0.338 e. The molecule has 0 aromatic heterocycles. The number of aromatic hydroxyl groups is 2. The molecule has 0 saturated heterocycles. The van der Waals surface area contributed by atoms with Crippen LogP contribution in [0.15, 0.2) is 30.3 Å². The van der Waals surface area contributed by atoms with Crippen LogP contribution in [0.25, 0.3) is 10.8 Å². The van der Waals surface area contributed by atoms with E-state index in [9.17, 15) is 15.0 Å². The van der Waals surface area contributed by atoms with Gasteiger partial charge in [0, 0.05) is 5.39 Å². The van der Waals surface area contributed by atoms with E-state index in [4.69, 9.17) is 0 Å². The number of esters is 1. The van der Waals surface area contributed by atoms with Crippen molar-refractivity contribution in [1.29, 1.82) is 0 Å². The maximum absolute atomic E-state index is 11.5. The van der Waals surface area contributed by atoms with Crippen molar-refractivity contribution in [1.82, 2.24) is 0 Å². The molecule has 0 radical (unpaired) electrons. The summed E-state index contributed by atoms with van der Waals surface area (Å²) in [7, 11) is 1.26. The number of methoxy groups -OCH3 is 1. The van der Waals surface area contributed by atoms with E-state index >= 15 is 0 Å². The molecular formula is C12H10O4. The van der Waals surface area contributed by atoms with Crippen molar-refractivity contribution in [3.63, 3.8) is 0 Å². The molecule has 0 atom stereocenters. The molecule has 0 fully saturated rings. The summed E-state index contributed by atoms with van der Waals surface area (Å²) in [6, 6.07) is 7.95. The van der Waals surface area contributed by atoms with E-state index in [1.807, 2.05) is 0 Å². The lowest BCUT2D eigenvalue weighted by atomic mass is 10.0. The van der Waals surface area contributed by atoms with E-state index in [2.05, 4.69) is 4.74 Å². The van der Waals surface area contributed by atoms with E-state index in [0.717, 1.165) is 0 Å². The molecule has 2 aromatic rings. The van der Waals surface area contributed by atoms with Crippen molar-refractivity contribution >= 4 is 16.7 Å². The summed E-state index contributed by atoms with van der Waals surface area (Å²) in [5.74, 6) is -1.12. The van der Waals surface area contributed by atoms with Crippen LogP contribution in [0.2, 0.25) is 0 Å². The third-order valence-corrected chi connectivity index (χ3v) is 2.40. The summed E-state index contributed by atoms with van der Waals surface area (Å²) in [6.07, 6.45) is 0. The van der Waals surface area contributed by atoms with Gasteiger partial charge in [0.2, 0.25) is 0 Å². The van der Waals surface area contributed by atoms with Gasteiger partial charge in [-0.05, 0) is 17.5 Å². The molecule has 82 valence electrons. The number of fused-ring (bicyclic) bond motifs is 1. The second-order valence-corrected chi connectivity index (χ2v) is 3.33. The molecular weight excluding hydrogens is 208 g/mol. The molecule has 0 saturated carbocycles. The van der Waals surface area contributed by atoms with Crippen LogP contribution < -0.4 is 0 Å². The van der Waals surface area contributed by atoms with Gasteiger partial charge in [-0.1, -0.05) is 18.2 Å². The predicted octanol–water partition coefficient (Wildman–Crippen LogP) is 2.04. The van der Waals surface area contributed by atoms with Gasteiger partial charge in [0.05, 0.1) is 12.7 Å². The zero-order chi connectivity index (χ0) is 11.7. The quantitative estimate of drug-likeness (QED) is 0.567. The molecule has 4 nitrogen and oxygen atoms in total. The molecule has 2 rings (SSSR count). The Balaban J connectivity index is 2.84. The van der Waals surface area contributed by atoms with Crippen LogP contribution in [0.4, 0.5) is 0 Å². The van der Waals surface area contributed by atoms with Gasteiger partial charge in [0.15, 0.2) is 11.5 Å². The average Bonchev–Trinajstić information content (AvgIpc) is 2.32. The molecule has 0 unspecified atom stereocenters. The van der Waals surface area contributed by atoms with Crippen molar-refractivity contribution in [2.45, 2.75) is 0 Å². The van der Waals surface area contributed by atoms with Crippen molar-refractivity contribution in [3.8, 4) is 11.5 Å². The first-order valence-corrected chi connectivity index (χ1v) is 4.67. The Morgan fingerprint density at radius 3 is 2.62 bits per heavy atom. The highest BCUT2D eigenvalue weighted by molar-refractivity contribution is 6.07. The second-order valence-electron chi connectivity index (χ2n) is 3.33. The lowest BCUT2D eigenvalue weighted by Crippen LogP contribution is -2.01. The van der Waals surface area contributed by atoms with Gasteiger partial charge in [-0.25, -0.2) is 4.79 Å². The Kier molecular flexibility index (Phi) is 2.40. The summed E-state index contributed by atoms with van der Waals surface area (Å²) in [5.41, 5.74) is 0.230. The molecule has 0 aliphatic rings. The number of hydrogen-bond acceptors (Lipinski definition) is 4. The van der Waals surface area contributed by atoms with Crippen LogP contribution in [0.5, 0.6) is 11.5 Å². The van der Waals surface area contributed by atoms with Crippen LogP contribution in [0.1, 0.15) is 10.4 Å². The van der Waals surface area contributed by atoms with Crippen LogP contribution in [0, 0.1) is 0 Å². The van der Waals surface area contributed by atoms with E-state index in [-0.39, 0.29) is 17.1 Å². The standard InChI is InChI=1S/C12H10O4/c1-16-12(15)8-4-2-3-7-5-6-9(13)11(14)10(7)8/h2-6,13-14H,1H3. The summed E-state index contributed by atoms with van der Waals surface area (Å²) in [5, 5.41) is 20.1. The number of carbonyl (C=O) groups excluding carboxylic acids is 1. The minimum absolute atomic E-state index is 0.230. The Morgan fingerprint density at radius 1 is 1.19 bits per heavy atom. The number of benzene rings is 2. The Bertz CT molecular complexity index is 560. The lowest BCUT2D eigenvalue weighted by molar-refractivity contribution is 0.0603. The SMILES string of the molecule is COC(=O)c1cccc2ccc(O)c(O)c12. The summed E-state index contributed by atoms with van der Waals surface area (Å²) in [4.78, 5) is 11.5. The molecule has 0 aliphatic heterocycles. The van der Waals surface area contributed by atoms with Gasteiger partial charge in [0.25, 0.3) is 0 Å². The van der Waals surface area contributed by atoms with E-state index < -0.39 is 5.97 Å². The Hall–Kier alpha value is -2.23. The fraction of sp³-hybridized carbons (Fsp3) is 0.0833. The zero-order valence-electron chi connectivity index (χ0n) is 8.60. The summed E-state index contributed by atoms with van der Waals surface area (Å²) < 4.78 is 4.61. The summed E-state index contributed by atoms with van der Waals surface area (Å²) in [6.45, 7) is 0. The monoisotopic (exact) mass is 218 g/mol. The van der Waals surface area contributed by atoms with Crippen molar-refractivity contribution in [2.24, 2.45) is 0 Å². The Labute approximate surface area is 91.7 Å². The molecule has 0 spiro atoms. The Morgan fingerprint density at radius 2 is 1.94 bits per heavy atom. The molecule has 2 aromatic carbocycles. The molecule has 2 N–H and O–H groups in total. The van der Waals surface area contributed by atoms with Crippen LogP contribution in [0.3, 0.4) is 0 Å². The van der Waals surface area contributed by atoms with Crippen molar-refractivity contribution in [3.05, 3.63) is 35.9 Å². The molecule has 4 heteroatoms. The van der Waals surface area contributed by atoms with Gasteiger partial charge in [-0.2, -0.15) is 0 Å². The lowest BCUT2D eigenvalue weighted by Gasteiger charge is -2.07. The highest BCUT2D eigenvalue weighted by atomic mass is 16.5. The van der Waals surface area contributed by atoms with Crippen LogP contribution >= 0.6 is 0 Å². The average molecular weight is 218 g/mol. The first-order valence-electron chi connectivity index (χ1n) is 4.67. The molecule has 0 bridgehead atoms. The first-order chi connectivity index (χ1) is 7.65. The fourth-order valence-electron chi connectivity index (χ4n) is 1.63. The second kappa shape index (κ2) is 3.73. The van der Waals surface area contributed by atoms with Crippen molar-refractivity contribution < 1.29 is 19.7 Å². The third kappa shape index (κ3) is 1.44. The number of ether oxygens (including phenoxy) is 1. The van der Waals surface area contributed by atoms with E-state index in [1.165, 1.54) is 19.2 Å². The number of rotatable bonds is 1. The van der Waals surface area contributed by atoms with Crippen LogP contribution in [-0.2, 0) is 4.74 Å². The highest BCUT2D eigenvalue weighted by Crippen LogP contribution is 2.35.